The maximum absolute atomic E-state index is 10.2. The highest BCUT2D eigenvalue weighted by molar-refractivity contribution is 7.87. The first kappa shape index (κ1) is 25.9. The van der Waals surface area contributed by atoms with E-state index >= 15 is 0 Å². The molecule has 8 nitrogen and oxygen atoms in total. The highest BCUT2D eigenvalue weighted by Crippen LogP contribution is 2.18. The molecule has 0 aliphatic carbocycles. The normalized spacial score (nSPS) is 11.9. The molecule has 0 aliphatic heterocycles. The Balaban J connectivity index is 0.000000546. The van der Waals surface area contributed by atoms with Gasteiger partial charge in [0.1, 0.15) is 5.75 Å². The number of phenols is 1. The number of hydrogen-bond donors (Lipinski definition) is 4. The molecule has 0 heterocycles. The van der Waals surface area contributed by atoms with Gasteiger partial charge in [-0.25, -0.2) is 0 Å². The Morgan fingerprint density at radius 3 is 1.93 bits per heavy atom. The zero-order chi connectivity index (χ0) is 21.6. The monoisotopic (exact) mass is 418 g/mol. The van der Waals surface area contributed by atoms with Crippen LogP contribution in [0.5, 0.6) is 5.75 Å². The van der Waals surface area contributed by atoms with Crippen molar-refractivity contribution < 1.29 is 37.9 Å². The molecule has 0 aromatic heterocycles. The summed E-state index contributed by atoms with van der Waals surface area (Å²) < 4.78 is 28.7. The molecule has 160 valence electrons. The van der Waals surface area contributed by atoms with E-state index in [1.54, 1.807) is 6.07 Å². The first-order valence-electron chi connectivity index (χ1n) is 9.27. The molecule has 1 rings (SSSR count). The lowest BCUT2D eigenvalue weighted by Gasteiger charge is -2.04. The van der Waals surface area contributed by atoms with Crippen LogP contribution in [0.1, 0.15) is 63.9 Å². The minimum Gasteiger partial charge on any atom is -0.508 e. The fraction of sp³-hybridized carbons (Fsp3) is 0.579. The topological polar surface area (TPSA) is 149 Å². The lowest BCUT2D eigenvalue weighted by Crippen LogP contribution is -2.31. The summed E-state index contributed by atoms with van der Waals surface area (Å²) in [5, 5.41) is 23.5. The van der Waals surface area contributed by atoms with Crippen molar-refractivity contribution in [3.8, 4) is 5.75 Å². The number of hydrogen-bond acceptors (Lipinski definition) is 5. The summed E-state index contributed by atoms with van der Waals surface area (Å²) in [5.74, 6) is -3.05. The molecule has 0 amide bonds. The summed E-state index contributed by atoms with van der Waals surface area (Å²) in [6.07, 6.45) is 9.13. The molecule has 1 aromatic carbocycles. The maximum atomic E-state index is 10.2. The highest BCUT2D eigenvalue weighted by atomic mass is 32.2. The van der Waals surface area contributed by atoms with E-state index in [-0.39, 0.29) is 0 Å². The number of aryl methyl sites for hydroxylation is 1. The van der Waals surface area contributed by atoms with Crippen LogP contribution in [0.25, 0.3) is 0 Å². The van der Waals surface area contributed by atoms with Gasteiger partial charge in [-0.15, -0.1) is 0 Å². The molecule has 0 saturated carbocycles. The number of carbonyl (C=O) groups is 2. The molecule has 0 fully saturated rings. The van der Waals surface area contributed by atoms with Crippen molar-refractivity contribution in [2.75, 3.05) is 0 Å². The van der Waals surface area contributed by atoms with Crippen LogP contribution >= 0.6 is 0 Å². The quantitative estimate of drug-likeness (QED) is 0.298. The van der Waals surface area contributed by atoms with Crippen molar-refractivity contribution in [1.29, 1.82) is 0 Å². The minimum absolute atomic E-state index is 0.452. The van der Waals surface area contributed by atoms with Gasteiger partial charge >= 0.3 is 11.9 Å². The van der Waals surface area contributed by atoms with Crippen LogP contribution in [0, 0.1) is 0 Å². The van der Waals surface area contributed by atoms with E-state index in [9.17, 15) is 23.1 Å². The van der Waals surface area contributed by atoms with Gasteiger partial charge in [0.25, 0.3) is 10.1 Å². The van der Waals surface area contributed by atoms with Crippen LogP contribution in [0.3, 0.4) is 0 Å². The summed E-state index contributed by atoms with van der Waals surface area (Å²) in [4.78, 5) is 20.0. The molecule has 9 heteroatoms. The van der Waals surface area contributed by atoms with E-state index in [0.29, 0.717) is 5.75 Å². The van der Waals surface area contributed by atoms with Crippen molar-refractivity contribution in [3.63, 3.8) is 0 Å². The third-order valence-corrected chi connectivity index (χ3v) is 5.12. The van der Waals surface area contributed by atoms with Gasteiger partial charge in [-0.3, -0.25) is 14.1 Å². The second-order valence-electron chi connectivity index (χ2n) is 6.44. The Morgan fingerprint density at radius 2 is 1.50 bits per heavy atom. The van der Waals surface area contributed by atoms with Gasteiger partial charge in [0.15, 0.2) is 5.25 Å². The van der Waals surface area contributed by atoms with Crippen molar-refractivity contribution in [2.24, 2.45) is 0 Å². The number of phenolic OH excluding ortho intramolecular Hbond substituents is 1. The van der Waals surface area contributed by atoms with Gasteiger partial charge in [0.05, 0.1) is 6.42 Å². The van der Waals surface area contributed by atoms with E-state index < -0.39 is 33.7 Å². The maximum Gasteiger partial charge on any atom is 0.325 e. The SMILES string of the molecule is CCCCCCCCCc1ccccc1O.O=C(O)CC(C(=O)O)S(=O)(=O)O. The van der Waals surface area contributed by atoms with Crippen LogP contribution < -0.4 is 0 Å². The predicted molar refractivity (Wildman–Crippen MR) is 105 cm³/mol. The molecule has 1 aromatic rings. The fourth-order valence-electron chi connectivity index (χ4n) is 2.47. The van der Waals surface area contributed by atoms with Crippen molar-refractivity contribution in [2.45, 2.75) is 70.0 Å². The Morgan fingerprint density at radius 1 is 0.964 bits per heavy atom. The molecular weight excluding hydrogens is 388 g/mol. The third kappa shape index (κ3) is 12.3. The third-order valence-electron chi connectivity index (χ3n) is 4.04. The van der Waals surface area contributed by atoms with Crippen molar-refractivity contribution in [1.82, 2.24) is 0 Å². The van der Waals surface area contributed by atoms with Crippen LogP contribution in [0.4, 0.5) is 0 Å². The highest BCUT2D eigenvalue weighted by Gasteiger charge is 2.33. The van der Waals surface area contributed by atoms with E-state index in [2.05, 4.69) is 6.92 Å². The average molecular weight is 419 g/mol. The summed E-state index contributed by atoms with van der Waals surface area (Å²) >= 11 is 0. The largest absolute Gasteiger partial charge is 0.508 e. The van der Waals surface area contributed by atoms with E-state index in [4.69, 9.17) is 14.8 Å². The second-order valence-corrected chi connectivity index (χ2v) is 8.04. The summed E-state index contributed by atoms with van der Waals surface area (Å²) in [6, 6.07) is 7.67. The molecule has 1 atom stereocenters. The Bertz CT molecular complexity index is 700. The number of carboxylic acids is 2. The molecule has 0 spiro atoms. The Hall–Kier alpha value is -2.13. The zero-order valence-corrected chi connectivity index (χ0v) is 16.9. The van der Waals surface area contributed by atoms with Gasteiger partial charge in [-0.2, -0.15) is 8.42 Å². The van der Waals surface area contributed by atoms with E-state index in [0.717, 1.165) is 12.0 Å². The first-order valence-corrected chi connectivity index (χ1v) is 10.8. The minimum atomic E-state index is -4.84. The van der Waals surface area contributed by atoms with Crippen molar-refractivity contribution >= 4 is 22.1 Å². The number of aliphatic carboxylic acids is 2. The van der Waals surface area contributed by atoms with E-state index in [1.165, 1.54) is 44.9 Å². The summed E-state index contributed by atoms with van der Waals surface area (Å²) in [6.45, 7) is 2.25. The smallest absolute Gasteiger partial charge is 0.325 e. The standard InChI is InChI=1S/C15H24O.C4H6O7S/c1-2-3-4-5-6-7-8-11-14-12-9-10-13-15(14)16;5-3(6)1-2(4(7)8)12(9,10)11/h9-10,12-13,16H,2-8,11H2,1H3;2H,1H2,(H,5,6)(H,7,8)(H,9,10,11). The molecular formula is C19H30O8S. The number of carboxylic acid groups (broad SMARTS) is 2. The molecule has 4 N–H and O–H groups in total. The first-order chi connectivity index (χ1) is 13.1. The Labute approximate surface area is 166 Å². The van der Waals surface area contributed by atoms with E-state index in [1.807, 2.05) is 18.2 Å². The van der Waals surface area contributed by atoms with Gasteiger partial charge in [-0.1, -0.05) is 63.6 Å². The van der Waals surface area contributed by atoms with Crippen LogP contribution in [0.15, 0.2) is 24.3 Å². The van der Waals surface area contributed by atoms with Gasteiger partial charge < -0.3 is 15.3 Å². The second kappa shape index (κ2) is 14.0. The molecule has 0 radical (unpaired) electrons. The number of rotatable bonds is 12. The number of unbranched alkanes of at least 4 members (excludes halogenated alkanes) is 6. The number of benzene rings is 1. The van der Waals surface area contributed by atoms with Gasteiger partial charge in [-0.05, 0) is 24.5 Å². The molecule has 0 saturated heterocycles. The zero-order valence-electron chi connectivity index (χ0n) is 16.1. The molecule has 28 heavy (non-hydrogen) atoms. The molecule has 1 unspecified atom stereocenters. The number of para-hydroxylation sites is 1. The van der Waals surface area contributed by atoms with Gasteiger partial charge in [0.2, 0.25) is 0 Å². The Kier molecular flexibility index (Phi) is 12.9. The molecule has 0 aliphatic rings. The average Bonchev–Trinajstić information content (AvgIpc) is 2.59. The fourth-order valence-corrected chi connectivity index (χ4v) is 3.08. The van der Waals surface area contributed by atoms with Crippen LogP contribution in [-0.4, -0.2) is 45.5 Å². The van der Waals surface area contributed by atoms with Gasteiger partial charge in [0, 0.05) is 0 Å². The molecule has 0 bridgehead atoms. The lowest BCUT2D eigenvalue weighted by atomic mass is 10.0. The summed E-state index contributed by atoms with van der Waals surface area (Å²) in [7, 11) is -4.84. The van der Waals surface area contributed by atoms with Crippen LogP contribution in [-0.2, 0) is 26.1 Å². The predicted octanol–water partition coefficient (Wildman–Crippen LogP) is 3.49. The number of aromatic hydroxyl groups is 1. The lowest BCUT2D eigenvalue weighted by molar-refractivity contribution is -0.143. The summed E-state index contributed by atoms with van der Waals surface area (Å²) in [5.41, 5.74) is 1.09. The van der Waals surface area contributed by atoms with Crippen LogP contribution in [0.2, 0.25) is 0 Å². The van der Waals surface area contributed by atoms with Crippen molar-refractivity contribution in [3.05, 3.63) is 29.8 Å².